The van der Waals surface area contributed by atoms with Crippen LogP contribution in [-0.4, -0.2) is 4.57 Å². The molecule has 0 spiro atoms. The molecule has 6 aromatic carbocycles. The summed E-state index contributed by atoms with van der Waals surface area (Å²) in [6.45, 7) is 16.7. The highest BCUT2D eigenvalue weighted by Gasteiger charge is 2.30. The maximum Gasteiger partial charge on any atom is 0.0577 e. The summed E-state index contributed by atoms with van der Waals surface area (Å²) < 4.78 is 2.63. The number of benzene rings is 6. The molecule has 0 saturated heterocycles. The first-order valence-corrected chi connectivity index (χ1v) is 17.0. The predicted molar refractivity (Wildman–Crippen MR) is 200 cm³/mol. The molecule has 0 radical (unpaired) electrons. The Labute approximate surface area is 277 Å². The van der Waals surface area contributed by atoms with Gasteiger partial charge in [-0.1, -0.05) is 108 Å². The van der Waals surface area contributed by atoms with Crippen molar-refractivity contribution in [2.75, 3.05) is 0 Å². The van der Waals surface area contributed by atoms with Crippen molar-refractivity contribution < 1.29 is 0 Å². The van der Waals surface area contributed by atoms with Crippen molar-refractivity contribution in [3.05, 3.63) is 163 Å². The third-order valence-electron chi connectivity index (χ3n) is 10.8. The Morgan fingerprint density at radius 3 is 1.15 bits per heavy atom. The van der Waals surface area contributed by atoms with Crippen LogP contribution >= 0.6 is 0 Å². The molecule has 0 atom stereocenters. The van der Waals surface area contributed by atoms with E-state index in [0.29, 0.717) is 0 Å². The van der Waals surface area contributed by atoms with Crippen LogP contribution in [0.15, 0.2) is 97.1 Å². The first-order chi connectivity index (χ1) is 22.8. The van der Waals surface area contributed by atoms with E-state index in [9.17, 15) is 0 Å². The first kappa shape index (κ1) is 28.1. The van der Waals surface area contributed by atoms with Gasteiger partial charge in [0.2, 0.25) is 0 Å². The van der Waals surface area contributed by atoms with Gasteiger partial charge in [0.15, 0.2) is 0 Å². The Hall–Kier alpha value is -5.14. The van der Waals surface area contributed by atoms with Gasteiger partial charge in [0.1, 0.15) is 0 Å². The minimum Gasteiger partial charge on any atom is -0.340 e. The standard InChI is InChI=1S/C46H39N/c1-8-47-45-35(17-19-37-41(31-13-9-11-15-33(31)43(37)45)39-27(4)21-25(2)22-28(39)5)36-18-20-38-42(40-29(6)23-26(3)24-30(40)7)32-14-10-12-16-34(32)44(38)46(36)47/h9-24H,8H2,1-7H3. The first-order valence-electron chi connectivity index (χ1n) is 17.0. The Morgan fingerprint density at radius 2 is 0.787 bits per heavy atom. The number of nitrogens with zero attached hydrogens (tertiary/aromatic N) is 1. The lowest BCUT2D eigenvalue weighted by Gasteiger charge is -2.14. The molecule has 0 unspecified atom stereocenters. The summed E-state index contributed by atoms with van der Waals surface area (Å²) in [5.74, 6) is 0. The zero-order chi connectivity index (χ0) is 32.3. The van der Waals surface area contributed by atoms with Gasteiger partial charge >= 0.3 is 0 Å². The molecule has 0 N–H and O–H groups in total. The van der Waals surface area contributed by atoms with Gasteiger partial charge in [-0.05, 0) is 126 Å². The summed E-state index contributed by atoms with van der Waals surface area (Å²) in [6, 6.07) is 37.1. The van der Waals surface area contributed by atoms with Crippen molar-refractivity contribution in [2.45, 2.75) is 55.0 Å². The molecule has 47 heavy (non-hydrogen) atoms. The van der Waals surface area contributed by atoms with E-state index in [1.807, 2.05) is 0 Å². The molecule has 1 heterocycles. The number of fused-ring (bicyclic) bond motifs is 11. The molecule has 2 aliphatic carbocycles. The highest BCUT2D eigenvalue weighted by Crippen LogP contribution is 2.46. The summed E-state index contributed by atoms with van der Waals surface area (Å²) in [5.41, 5.74) is 24.3. The van der Waals surface area contributed by atoms with Gasteiger partial charge in [0.25, 0.3) is 0 Å². The van der Waals surface area contributed by atoms with Gasteiger partial charge in [-0.15, -0.1) is 0 Å². The summed E-state index contributed by atoms with van der Waals surface area (Å²) in [4.78, 5) is 0. The van der Waals surface area contributed by atoms with Crippen LogP contribution in [0.5, 0.6) is 0 Å². The van der Waals surface area contributed by atoms with Gasteiger partial charge in [0.05, 0.1) is 11.0 Å². The maximum atomic E-state index is 2.63. The lowest BCUT2D eigenvalue weighted by atomic mass is 9.90. The lowest BCUT2D eigenvalue weighted by molar-refractivity contribution is 0.828. The monoisotopic (exact) mass is 605 g/mol. The number of aryl methyl sites for hydroxylation is 7. The predicted octanol–water partition coefficient (Wildman–Crippen LogP) is 10.1. The van der Waals surface area contributed by atoms with Gasteiger partial charge in [-0.3, -0.25) is 0 Å². The average molecular weight is 606 g/mol. The number of hydrogen-bond donors (Lipinski definition) is 0. The van der Waals surface area contributed by atoms with E-state index >= 15 is 0 Å². The van der Waals surface area contributed by atoms with E-state index in [-0.39, 0.29) is 0 Å². The van der Waals surface area contributed by atoms with Crippen LogP contribution in [0, 0.1) is 41.5 Å². The summed E-state index contributed by atoms with van der Waals surface area (Å²) in [6.07, 6.45) is 0. The molecule has 0 saturated carbocycles. The van der Waals surface area contributed by atoms with Crippen molar-refractivity contribution in [3.8, 4) is 22.3 Å². The quantitative estimate of drug-likeness (QED) is 0.189. The lowest BCUT2D eigenvalue weighted by Crippen LogP contribution is -2.10. The van der Waals surface area contributed by atoms with Crippen molar-refractivity contribution in [3.63, 3.8) is 0 Å². The topological polar surface area (TPSA) is 4.93 Å². The van der Waals surface area contributed by atoms with Crippen LogP contribution in [0.4, 0.5) is 0 Å². The highest BCUT2D eigenvalue weighted by molar-refractivity contribution is 6.20. The van der Waals surface area contributed by atoms with Gasteiger partial charge in [0, 0.05) is 28.4 Å². The van der Waals surface area contributed by atoms with Crippen molar-refractivity contribution in [1.82, 2.24) is 4.57 Å². The van der Waals surface area contributed by atoms with Crippen molar-refractivity contribution in [2.24, 2.45) is 0 Å². The van der Waals surface area contributed by atoms with E-state index in [0.717, 1.165) is 6.54 Å². The second kappa shape index (κ2) is 9.93. The van der Waals surface area contributed by atoms with Crippen molar-refractivity contribution in [1.29, 1.82) is 0 Å². The molecule has 0 amide bonds. The molecular weight excluding hydrogens is 567 g/mol. The third-order valence-corrected chi connectivity index (χ3v) is 10.8. The molecule has 7 aromatic rings. The zero-order valence-electron chi connectivity index (χ0n) is 28.4. The molecule has 1 heteroatoms. The van der Waals surface area contributed by atoms with Gasteiger partial charge < -0.3 is 4.57 Å². The Kier molecular flexibility index (Phi) is 5.94. The molecule has 1 aromatic heterocycles. The molecule has 9 rings (SSSR count). The van der Waals surface area contributed by atoms with Crippen LogP contribution < -0.4 is 10.4 Å². The van der Waals surface area contributed by atoms with E-state index in [2.05, 4.69) is 150 Å². The van der Waals surface area contributed by atoms with Crippen LogP contribution in [-0.2, 0) is 6.54 Å². The SMILES string of the molecule is CCn1c2c3c(ccc2c2ccc4c(c21)-c1ccccc1C=4c1c(C)cc(C)cc1C)=C(c1c(C)cc(C)cc1C)c1ccccc1-3. The number of hydrogen-bond acceptors (Lipinski definition) is 0. The fourth-order valence-corrected chi connectivity index (χ4v) is 9.38. The third kappa shape index (κ3) is 3.72. The van der Waals surface area contributed by atoms with E-state index in [1.54, 1.807) is 0 Å². The van der Waals surface area contributed by atoms with Crippen LogP contribution in [0.25, 0.3) is 55.2 Å². The smallest absolute Gasteiger partial charge is 0.0577 e. The number of rotatable bonds is 3. The van der Waals surface area contributed by atoms with E-state index < -0.39 is 0 Å². The van der Waals surface area contributed by atoms with Crippen molar-refractivity contribution >= 4 is 33.0 Å². The summed E-state index contributed by atoms with van der Waals surface area (Å²) in [7, 11) is 0. The molecule has 1 nitrogen and oxygen atoms in total. The van der Waals surface area contributed by atoms with Crippen LogP contribution in [0.3, 0.4) is 0 Å². The van der Waals surface area contributed by atoms with E-state index in [1.165, 1.54) is 121 Å². The molecular formula is C46H39N. The molecule has 0 bridgehead atoms. The Balaban J connectivity index is 1.47. The molecule has 228 valence electrons. The molecule has 0 aliphatic heterocycles. The van der Waals surface area contributed by atoms with Gasteiger partial charge in [-0.25, -0.2) is 0 Å². The number of aromatic nitrogens is 1. The second-order valence-electron chi connectivity index (χ2n) is 13.9. The van der Waals surface area contributed by atoms with Gasteiger partial charge in [-0.2, -0.15) is 0 Å². The minimum atomic E-state index is 0.896. The Bertz CT molecular complexity index is 2430. The second-order valence-corrected chi connectivity index (χ2v) is 13.9. The van der Waals surface area contributed by atoms with Crippen LogP contribution in [0.1, 0.15) is 62.6 Å². The largest absolute Gasteiger partial charge is 0.340 e. The normalized spacial score (nSPS) is 13.0. The minimum absolute atomic E-state index is 0.896. The zero-order valence-corrected chi connectivity index (χ0v) is 28.4. The highest BCUT2D eigenvalue weighted by atomic mass is 15.0. The molecule has 2 aliphatic rings. The van der Waals surface area contributed by atoms with Crippen LogP contribution in [0.2, 0.25) is 0 Å². The fraction of sp³-hybridized carbons (Fsp3) is 0.174. The van der Waals surface area contributed by atoms with E-state index in [4.69, 9.17) is 0 Å². The fourth-order valence-electron chi connectivity index (χ4n) is 9.38. The molecule has 0 fully saturated rings. The summed E-state index contributed by atoms with van der Waals surface area (Å²) >= 11 is 0. The summed E-state index contributed by atoms with van der Waals surface area (Å²) in [5, 5.41) is 5.37. The Morgan fingerprint density at radius 1 is 0.426 bits per heavy atom. The average Bonchev–Trinajstić information content (AvgIpc) is 3.66. The maximum absolute atomic E-state index is 2.63.